The fourth-order valence-electron chi connectivity index (χ4n) is 2.45. The van der Waals surface area contributed by atoms with Crippen LogP contribution in [0.5, 0.6) is 0 Å². The molecule has 0 N–H and O–H groups in total. The molecule has 0 bridgehead atoms. The van der Waals surface area contributed by atoms with Crippen LogP contribution in [0.1, 0.15) is 31.9 Å². The normalized spacial score (nSPS) is 20.2. The van der Waals surface area contributed by atoms with Crippen LogP contribution in [0.4, 0.5) is 0 Å². The molecule has 1 fully saturated rings. The average molecular weight is 356 g/mol. The second-order valence-corrected chi connectivity index (χ2v) is 7.26. The lowest BCUT2D eigenvalue weighted by atomic mass is 10.1. The molecule has 108 valence electrons. The van der Waals surface area contributed by atoms with Crippen LogP contribution in [0.15, 0.2) is 28.7 Å². The number of hydrogen-bond acceptors (Lipinski definition) is 3. The first-order valence-electron chi connectivity index (χ1n) is 6.65. The summed E-state index contributed by atoms with van der Waals surface area (Å²) in [4.78, 5) is 25.1. The molecule has 1 aromatic carbocycles. The number of carbonyl (C=O) groups excluding carboxylic acids is 2. The molecule has 0 aromatic heterocycles. The van der Waals surface area contributed by atoms with Crippen molar-refractivity contribution in [3.8, 4) is 0 Å². The molecule has 0 radical (unpaired) electrons. The van der Waals surface area contributed by atoms with Gasteiger partial charge >= 0.3 is 0 Å². The largest absolute Gasteiger partial charge is 0.336 e. The van der Waals surface area contributed by atoms with Crippen LogP contribution in [0.3, 0.4) is 0 Å². The number of nitrogens with zero attached hydrogens (tertiary/aromatic N) is 1. The van der Waals surface area contributed by atoms with Crippen LogP contribution < -0.4 is 0 Å². The summed E-state index contributed by atoms with van der Waals surface area (Å²) in [6.07, 6.45) is 0.557. The third-order valence-electron chi connectivity index (χ3n) is 3.58. The maximum absolute atomic E-state index is 12.1. The van der Waals surface area contributed by atoms with E-state index in [1.165, 1.54) is 11.8 Å². The molecule has 2 atom stereocenters. The first-order chi connectivity index (χ1) is 9.47. The molecule has 1 unspecified atom stereocenters. The maximum Gasteiger partial charge on any atom is 0.223 e. The molecule has 1 aliphatic rings. The number of amides is 1. The van der Waals surface area contributed by atoms with Crippen LogP contribution in [0.2, 0.25) is 0 Å². The second-order valence-electron chi connectivity index (χ2n) is 5.15. The summed E-state index contributed by atoms with van der Waals surface area (Å²) in [6.45, 7) is 4.38. The van der Waals surface area contributed by atoms with Crippen molar-refractivity contribution in [2.24, 2.45) is 5.92 Å². The Balaban J connectivity index is 2.00. The summed E-state index contributed by atoms with van der Waals surface area (Å²) >= 11 is 4.74. The predicted octanol–water partition coefficient (Wildman–Crippen LogP) is 3.64. The highest BCUT2D eigenvalue weighted by Gasteiger charge is 2.33. The highest BCUT2D eigenvalue weighted by atomic mass is 79.9. The second kappa shape index (κ2) is 6.76. The molecule has 5 heteroatoms. The van der Waals surface area contributed by atoms with Gasteiger partial charge in [-0.1, -0.05) is 39.8 Å². The lowest BCUT2D eigenvalue weighted by molar-refractivity contribution is -0.129. The topological polar surface area (TPSA) is 37.4 Å². The van der Waals surface area contributed by atoms with Crippen LogP contribution in [-0.4, -0.2) is 28.2 Å². The van der Waals surface area contributed by atoms with Gasteiger partial charge in [0.15, 0.2) is 5.12 Å². The zero-order chi connectivity index (χ0) is 14.7. The van der Waals surface area contributed by atoms with E-state index in [2.05, 4.69) is 22.9 Å². The number of hydrogen-bond donors (Lipinski definition) is 0. The standard InChI is InChI=1S/C15H18BrNO2S/c1-10(13-3-5-14(16)6-4-13)17-8-12(7-15(17)19)9-20-11(2)18/h3-6,10,12H,7-9H2,1-2H3/t10-,12?/m0/s1. The van der Waals surface area contributed by atoms with Gasteiger partial charge < -0.3 is 4.90 Å². The molecule has 0 aliphatic carbocycles. The van der Waals surface area contributed by atoms with Crippen LogP contribution in [0, 0.1) is 5.92 Å². The number of benzene rings is 1. The smallest absolute Gasteiger partial charge is 0.223 e. The van der Waals surface area contributed by atoms with Crippen molar-refractivity contribution in [1.82, 2.24) is 4.90 Å². The predicted molar refractivity (Wildman–Crippen MR) is 85.5 cm³/mol. The SMILES string of the molecule is CC(=O)SCC1CC(=O)N([C@@H](C)c2ccc(Br)cc2)C1. The van der Waals surface area contributed by atoms with E-state index >= 15 is 0 Å². The molecule has 3 nitrogen and oxygen atoms in total. The Morgan fingerprint density at radius 2 is 2.10 bits per heavy atom. The van der Waals surface area contributed by atoms with Crippen molar-refractivity contribution in [2.45, 2.75) is 26.3 Å². The van der Waals surface area contributed by atoms with E-state index in [0.717, 1.165) is 22.3 Å². The van der Waals surface area contributed by atoms with Crippen molar-refractivity contribution >= 4 is 38.7 Å². The number of rotatable bonds is 4. The number of likely N-dealkylation sites (tertiary alicyclic amines) is 1. The van der Waals surface area contributed by atoms with Gasteiger partial charge in [-0.3, -0.25) is 9.59 Å². The van der Waals surface area contributed by atoms with Gasteiger partial charge in [0, 0.05) is 30.1 Å². The average Bonchev–Trinajstić information content (AvgIpc) is 2.78. The van der Waals surface area contributed by atoms with Crippen molar-refractivity contribution in [2.75, 3.05) is 12.3 Å². The van der Waals surface area contributed by atoms with Crippen molar-refractivity contribution in [3.63, 3.8) is 0 Å². The van der Waals surface area contributed by atoms with E-state index in [4.69, 9.17) is 0 Å². The van der Waals surface area contributed by atoms with E-state index < -0.39 is 0 Å². The highest BCUT2D eigenvalue weighted by molar-refractivity contribution is 9.10. The van der Waals surface area contributed by atoms with Crippen LogP contribution in [-0.2, 0) is 9.59 Å². The Labute approximate surface area is 132 Å². The Hall–Kier alpha value is -0.810. The molecule has 1 aliphatic heterocycles. The lowest BCUT2D eigenvalue weighted by Gasteiger charge is -2.25. The quantitative estimate of drug-likeness (QED) is 0.827. The van der Waals surface area contributed by atoms with E-state index in [-0.39, 0.29) is 23.0 Å². The zero-order valence-electron chi connectivity index (χ0n) is 11.6. The number of halogens is 1. The molecular weight excluding hydrogens is 338 g/mol. The Morgan fingerprint density at radius 3 is 2.70 bits per heavy atom. The third-order valence-corrected chi connectivity index (χ3v) is 5.15. The van der Waals surface area contributed by atoms with E-state index in [1.54, 1.807) is 6.92 Å². The van der Waals surface area contributed by atoms with E-state index in [1.807, 2.05) is 29.2 Å². The van der Waals surface area contributed by atoms with Crippen molar-refractivity contribution < 1.29 is 9.59 Å². The fourth-order valence-corrected chi connectivity index (χ4v) is 3.41. The molecule has 1 saturated heterocycles. The minimum Gasteiger partial charge on any atom is -0.336 e. The van der Waals surface area contributed by atoms with Gasteiger partial charge in [-0.25, -0.2) is 0 Å². The molecular formula is C15H18BrNO2S. The summed E-state index contributed by atoms with van der Waals surface area (Å²) in [5.74, 6) is 1.22. The van der Waals surface area contributed by atoms with Gasteiger partial charge in [0.25, 0.3) is 0 Å². The maximum atomic E-state index is 12.1. The Kier molecular flexibility index (Phi) is 5.27. The van der Waals surface area contributed by atoms with Crippen molar-refractivity contribution in [1.29, 1.82) is 0 Å². The first-order valence-corrected chi connectivity index (χ1v) is 8.43. The summed E-state index contributed by atoms with van der Waals surface area (Å²) in [7, 11) is 0. The molecule has 0 spiro atoms. The Morgan fingerprint density at radius 1 is 1.45 bits per heavy atom. The highest BCUT2D eigenvalue weighted by Crippen LogP contribution is 2.30. The summed E-state index contributed by atoms with van der Waals surface area (Å²) in [5, 5.41) is 0.122. The summed E-state index contributed by atoms with van der Waals surface area (Å²) in [5.41, 5.74) is 1.14. The number of thioether (sulfide) groups is 1. The van der Waals surface area contributed by atoms with Gasteiger partial charge in [-0.2, -0.15) is 0 Å². The third kappa shape index (κ3) is 3.85. The summed E-state index contributed by atoms with van der Waals surface area (Å²) in [6, 6.07) is 8.16. The van der Waals surface area contributed by atoms with E-state index in [9.17, 15) is 9.59 Å². The molecule has 1 aromatic rings. The monoisotopic (exact) mass is 355 g/mol. The Bertz CT molecular complexity index is 503. The van der Waals surface area contributed by atoms with Crippen LogP contribution in [0.25, 0.3) is 0 Å². The van der Waals surface area contributed by atoms with Gasteiger partial charge in [-0.15, -0.1) is 0 Å². The van der Waals surface area contributed by atoms with Gasteiger partial charge in [0.05, 0.1) is 6.04 Å². The summed E-state index contributed by atoms with van der Waals surface area (Å²) < 4.78 is 1.04. The van der Waals surface area contributed by atoms with Gasteiger partial charge in [0.1, 0.15) is 0 Å². The molecule has 2 rings (SSSR count). The van der Waals surface area contributed by atoms with Crippen LogP contribution >= 0.6 is 27.7 Å². The van der Waals surface area contributed by atoms with Gasteiger partial charge in [-0.05, 0) is 30.5 Å². The number of carbonyl (C=O) groups is 2. The molecule has 0 saturated carbocycles. The van der Waals surface area contributed by atoms with E-state index in [0.29, 0.717) is 6.42 Å². The fraction of sp³-hybridized carbons (Fsp3) is 0.467. The minimum absolute atomic E-state index is 0.0860. The minimum atomic E-state index is 0.0860. The first kappa shape index (κ1) is 15.6. The molecule has 20 heavy (non-hydrogen) atoms. The lowest BCUT2D eigenvalue weighted by Crippen LogP contribution is -2.28. The van der Waals surface area contributed by atoms with Gasteiger partial charge in [0.2, 0.25) is 5.91 Å². The zero-order valence-corrected chi connectivity index (χ0v) is 14.0. The molecule has 1 heterocycles. The molecule has 1 amide bonds. The van der Waals surface area contributed by atoms with Crippen molar-refractivity contribution in [3.05, 3.63) is 34.3 Å².